The number of aryl methyl sites for hydroxylation is 1. The number of para-hydroxylation sites is 1. The first-order valence-corrected chi connectivity index (χ1v) is 11.8. The summed E-state index contributed by atoms with van der Waals surface area (Å²) >= 11 is 11.5. The van der Waals surface area contributed by atoms with E-state index in [-0.39, 0.29) is 25.1 Å². The van der Waals surface area contributed by atoms with Crippen molar-refractivity contribution >= 4 is 45.6 Å². The summed E-state index contributed by atoms with van der Waals surface area (Å²) in [6.45, 7) is 8.70. The predicted molar refractivity (Wildman–Crippen MR) is 122 cm³/mol. The Morgan fingerprint density at radius 1 is 1.31 bits per heavy atom. The van der Waals surface area contributed by atoms with Gasteiger partial charge in [-0.2, -0.15) is 0 Å². The maximum absolute atomic E-state index is 12.2. The molecule has 1 saturated heterocycles. The Balaban J connectivity index is 0.00000117. The first kappa shape index (κ1) is 23.4. The van der Waals surface area contributed by atoms with Crippen LogP contribution in [0.1, 0.15) is 56.5 Å². The minimum atomic E-state index is -1.11. The fourth-order valence-corrected chi connectivity index (χ4v) is 5.56. The Bertz CT molecular complexity index is 745. The summed E-state index contributed by atoms with van der Waals surface area (Å²) in [6.07, 6.45) is 4.20. The van der Waals surface area contributed by atoms with E-state index in [1.165, 1.54) is 6.42 Å². The maximum Gasteiger partial charge on any atom is 0.457 e. The number of halogens is 2. The van der Waals surface area contributed by atoms with Gasteiger partial charge in [-0.25, -0.2) is 0 Å². The van der Waals surface area contributed by atoms with Gasteiger partial charge in [0.05, 0.1) is 27.2 Å². The van der Waals surface area contributed by atoms with Gasteiger partial charge in [-0.15, -0.1) is 0 Å². The highest BCUT2D eigenvalue weighted by atomic mass is 35.5. The molecule has 1 aromatic rings. The lowest BCUT2D eigenvalue weighted by Crippen LogP contribution is -2.59. The van der Waals surface area contributed by atoms with Crippen molar-refractivity contribution in [1.82, 2.24) is 0 Å². The average molecular weight is 459 g/mol. The number of Topliss-reactive ketones (excluding diaryl/α,β-unsaturated/α-hetero) is 1. The molecule has 1 heterocycles. The highest BCUT2D eigenvalue weighted by Crippen LogP contribution is 2.61. The lowest BCUT2D eigenvalue weighted by molar-refractivity contribution is -0.150. The summed E-state index contributed by atoms with van der Waals surface area (Å²) in [7, 11) is 1.99. The summed E-state index contributed by atoms with van der Waals surface area (Å²) in [5, 5.41) is 0. The van der Waals surface area contributed by atoms with Gasteiger partial charge in [0.2, 0.25) is 0 Å². The van der Waals surface area contributed by atoms with Crippen LogP contribution in [0.25, 0.3) is 0 Å². The third kappa shape index (κ3) is 4.37. The molecule has 8 heteroatoms. The molecule has 2 bridgehead atoms. The standard InChI is InChI=1S/C19H24BCl2O4P.C2H6/c1-19(2)11-8-13(19)17-14(9-11)24-20(25-17)7-6-10-4-3-5-12(16(10)26-27)15(23)18(21)22;1-2/h3-5,11,13-14,17-18H,6-9,27H2,1-2H3;1-2H3. The van der Waals surface area contributed by atoms with E-state index >= 15 is 0 Å². The number of rotatable bonds is 6. The minimum Gasteiger partial charge on any atom is -0.479 e. The Morgan fingerprint density at radius 2 is 2.03 bits per heavy atom. The van der Waals surface area contributed by atoms with Gasteiger partial charge in [-0.3, -0.25) is 4.79 Å². The predicted octanol–water partition coefficient (Wildman–Crippen LogP) is 5.75. The molecule has 5 unspecified atom stereocenters. The zero-order valence-electron chi connectivity index (χ0n) is 17.5. The van der Waals surface area contributed by atoms with Gasteiger partial charge >= 0.3 is 7.12 Å². The van der Waals surface area contributed by atoms with Crippen LogP contribution in [0.4, 0.5) is 0 Å². The van der Waals surface area contributed by atoms with Crippen LogP contribution in [0.3, 0.4) is 0 Å². The zero-order valence-corrected chi connectivity index (χ0v) is 20.2. The van der Waals surface area contributed by atoms with E-state index in [1.54, 1.807) is 6.07 Å². The fraction of sp³-hybridized carbons (Fsp3) is 0.667. The van der Waals surface area contributed by atoms with E-state index in [2.05, 4.69) is 23.3 Å². The van der Waals surface area contributed by atoms with Crippen LogP contribution in [0.5, 0.6) is 5.75 Å². The van der Waals surface area contributed by atoms with Crippen molar-refractivity contribution in [2.24, 2.45) is 17.3 Å². The normalized spacial score (nSPS) is 28.9. The van der Waals surface area contributed by atoms with Crippen LogP contribution < -0.4 is 4.52 Å². The van der Waals surface area contributed by atoms with Crippen LogP contribution in [-0.2, 0) is 15.7 Å². The van der Waals surface area contributed by atoms with E-state index in [0.29, 0.717) is 35.4 Å². The Hall–Kier alpha value is -0.315. The monoisotopic (exact) mass is 458 g/mol. The van der Waals surface area contributed by atoms with Crippen molar-refractivity contribution in [1.29, 1.82) is 0 Å². The van der Waals surface area contributed by atoms with Crippen molar-refractivity contribution in [3.05, 3.63) is 29.3 Å². The van der Waals surface area contributed by atoms with Crippen molar-refractivity contribution in [3.63, 3.8) is 0 Å². The molecule has 4 aliphatic rings. The molecule has 4 fully saturated rings. The molecule has 5 atom stereocenters. The molecule has 1 aromatic carbocycles. The van der Waals surface area contributed by atoms with Gasteiger partial charge in [-0.05, 0) is 54.5 Å². The van der Waals surface area contributed by atoms with Gasteiger partial charge in [0, 0.05) is 0 Å². The fourth-order valence-electron chi connectivity index (χ4n) is 5.05. The van der Waals surface area contributed by atoms with Crippen LogP contribution >= 0.6 is 32.7 Å². The average Bonchev–Trinajstić information content (AvgIpc) is 3.15. The Labute approximate surface area is 186 Å². The number of benzene rings is 1. The minimum absolute atomic E-state index is 0.208. The molecule has 0 aromatic heterocycles. The van der Waals surface area contributed by atoms with E-state index in [9.17, 15) is 4.79 Å². The quantitative estimate of drug-likeness (QED) is 0.235. The summed E-state index contributed by atoms with van der Waals surface area (Å²) < 4.78 is 17.9. The topological polar surface area (TPSA) is 44.8 Å². The zero-order chi connectivity index (χ0) is 21.3. The second-order valence-corrected chi connectivity index (χ2v) is 9.75. The molecule has 3 saturated carbocycles. The van der Waals surface area contributed by atoms with Crippen molar-refractivity contribution in [2.75, 3.05) is 0 Å². The summed E-state index contributed by atoms with van der Waals surface area (Å²) in [6, 6.07) is 5.43. The van der Waals surface area contributed by atoms with Crippen molar-refractivity contribution in [2.45, 2.75) is 70.3 Å². The molecule has 4 nitrogen and oxygen atoms in total. The van der Waals surface area contributed by atoms with Gasteiger partial charge in [0.25, 0.3) is 0 Å². The third-order valence-corrected chi connectivity index (χ3v) is 7.42. The number of hydrogen-bond acceptors (Lipinski definition) is 4. The number of carbonyl (C=O) groups is 1. The number of hydrogen-bond donors (Lipinski definition) is 0. The lowest BCUT2D eigenvalue weighted by Gasteiger charge is -2.60. The molecule has 0 spiro atoms. The lowest BCUT2D eigenvalue weighted by atomic mass is 9.47. The Morgan fingerprint density at radius 3 is 2.66 bits per heavy atom. The second-order valence-electron chi connectivity index (χ2n) is 8.42. The smallest absolute Gasteiger partial charge is 0.457 e. The molecule has 1 aliphatic heterocycles. The van der Waals surface area contributed by atoms with E-state index < -0.39 is 4.84 Å². The molecule has 0 radical (unpaired) electrons. The van der Waals surface area contributed by atoms with E-state index in [0.717, 1.165) is 17.9 Å². The van der Waals surface area contributed by atoms with Crippen LogP contribution in [0.15, 0.2) is 18.2 Å². The molecule has 0 N–H and O–H groups in total. The molecular weight excluding hydrogens is 429 g/mol. The highest BCUT2D eigenvalue weighted by Gasteiger charge is 2.61. The largest absolute Gasteiger partial charge is 0.479 e. The number of carbonyl (C=O) groups excluding carboxylic acids is 1. The molecule has 5 rings (SSSR count). The van der Waals surface area contributed by atoms with Crippen molar-refractivity contribution < 1.29 is 18.6 Å². The molecule has 0 amide bonds. The van der Waals surface area contributed by atoms with Crippen molar-refractivity contribution in [3.8, 4) is 5.75 Å². The van der Waals surface area contributed by atoms with E-state index in [4.69, 9.17) is 37.0 Å². The summed E-state index contributed by atoms with van der Waals surface area (Å²) in [5.74, 6) is 1.49. The first-order chi connectivity index (χ1) is 13.8. The second kappa shape index (κ2) is 9.45. The summed E-state index contributed by atoms with van der Waals surface area (Å²) in [4.78, 5) is 11.1. The third-order valence-electron chi connectivity index (χ3n) is 6.79. The molecular formula is C21H30BCl2O4P. The van der Waals surface area contributed by atoms with E-state index in [1.807, 2.05) is 26.0 Å². The van der Waals surface area contributed by atoms with Crippen LogP contribution in [0.2, 0.25) is 6.32 Å². The molecule has 160 valence electrons. The van der Waals surface area contributed by atoms with Gasteiger partial charge in [-0.1, -0.05) is 63.0 Å². The number of ketones is 1. The highest BCUT2D eigenvalue weighted by molar-refractivity contribution is 7.10. The van der Waals surface area contributed by atoms with Crippen LogP contribution in [-0.4, -0.2) is 29.9 Å². The Kier molecular flexibility index (Phi) is 7.61. The van der Waals surface area contributed by atoms with Gasteiger partial charge < -0.3 is 13.8 Å². The molecule has 29 heavy (non-hydrogen) atoms. The SMILES string of the molecule is CC.CC1(C)C2CC3OB(CCc4cccc(C(=O)C(Cl)Cl)c4OP)OC3C1C2. The van der Waals surface area contributed by atoms with Gasteiger partial charge in [0.15, 0.2) is 10.6 Å². The summed E-state index contributed by atoms with van der Waals surface area (Å²) in [5.41, 5.74) is 1.67. The number of alkyl halides is 2. The molecule has 3 aliphatic carbocycles. The first-order valence-electron chi connectivity index (χ1n) is 10.4. The maximum atomic E-state index is 12.2. The van der Waals surface area contributed by atoms with Gasteiger partial charge in [0.1, 0.15) is 5.75 Å². The van der Waals surface area contributed by atoms with Crippen LogP contribution in [0, 0.1) is 17.3 Å².